The summed E-state index contributed by atoms with van der Waals surface area (Å²) in [6, 6.07) is 15.4. The van der Waals surface area contributed by atoms with Crippen LogP contribution in [0.1, 0.15) is 51.5 Å². The van der Waals surface area contributed by atoms with E-state index in [2.05, 4.69) is 24.1 Å². The number of carbonyl (C=O) groups is 1. The number of anilines is 1. The van der Waals surface area contributed by atoms with Gasteiger partial charge in [-0.05, 0) is 61.8 Å². The van der Waals surface area contributed by atoms with Crippen molar-refractivity contribution < 1.29 is 9.53 Å². The fraction of sp³-hybridized carbons (Fsp3) is 0.480. The van der Waals surface area contributed by atoms with Crippen LogP contribution in [0, 0.1) is 0 Å². The van der Waals surface area contributed by atoms with Crippen LogP contribution in [-0.4, -0.2) is 37.0 Å². The number of ether oxygens (including phenoxy) is 1. The molecule has 0 aromatic heterocycles. The van der Waals surface area contributed by atoms with Crippen molar-refractivity contribution in [2.45, 2.75) is 51.4 Å². The zero-order valence-electron chi connectivity index (χ0n) is 18.1. The molecule has 30 heavy (non-hydrogen) atoms. The number of hydrogen-bond donors (Lipinski definition) is 1. The van der Waals surface area contributed by atoms with Gasteiger partial charge in [0, 0.05) is 17.3 Å². The van der Waals surface area contributed by atoms with E-state index in [4.69, 9.17) is 16.3 Å². The van der Waals surface area contributed by atoms with Crippen LogP contribution < -0.4 is 10.1 Å². The monoisotopic (exact) mass is 428 g/mol. The molecule has 162 valence electrons. The topological polar surface area (TPSA) is 41.6 Å². The highest BCUT2D eigenvalue weighted by Crippen LogP contribution is 2.43. The highest BCUT2D eigenvalue weighted by molar-refractivity contribution is 6.31. The number of benzene rings is 2. The molecule has 1 aliphatic rings. The molecule has 1 fully saturated rings. The summed E-state index contributed by atoms with van der Waals surface area (Å²) in [4.78, 5) is 15.8. The van der Waals surface area contributed by atoms with Gasteiger partial charge >= 0.3 is 0 Å². The second-order valence-electron chi connectivity index (χ2n) is 7.98. The van der Waals surface area contributed by atoms with E-state index in [1.54, 1.807) is 0 Å². The van der Waals surface area contributed by atoms with Crippen molar-refractivity contribution in [1.82, 2.24) is 4.90 Å². The summed E-state index contributed by atoms with van der Waals surface area (Å²) in [5.41, 5.74) is 1.17. The molecule has 2 aromatic carbocycles. The molecule has 0 saturated heterocycles. The highest BCUT2D eigenvalue weighted by Gasteiger charge is 2.42. The summed E-state index contributed by atoms with van der Waals surface area (Å²) in [6.07, 6.45) is 4.90. The molecular formula is C25H33ClN2O2. The lowest BCUT2D eigenvalue weighted by Crippen LogP contribution is -2.42. The molecule has 1 saturated carbocycles. The molecule has 1 aliphatic carbocycles. The van der Waals surface area contributed by atoms with E-state index >= 15 is 0 Å². The predicted octanol–water partition coefficient (Wildman–Crippen LogP) is 5.90. The highest BCUT2D eigenvalue weighted by atomic mass is 35.5. The largest absolute Gasteiger partial charge is 0.492 e. The zero-order valence-corrected chi connectivity index (χ0v) is 18.9. The van der Waals surface area contributed by atoms with E-state index < -0.39 is 5.41 Å². The van der Waals surface area contributed by atoms with E-state index in [1.807, 2.05) is 48.5 Å². The quantitative estimate of drug-likeness (QED) is 0.540. The van der Waals surface area contributed by atoms with E-state index in [-0.39, 0.29) is 5.91 Å². The predicted molar refractivity (Wildman–Crippen MR) is 125 cm³/mol. The Bertz CT molecular complexity index is 812. The number of nitrogens with zero attached hydrogens (tertiary/aromatic N) is 1. The Morgan fingerprint density at radius 1 is 1.03 bits per heavy atom. The van der Waals surface area contributed by atoms with Gasteiger partial charge < -0.3 is 15.0 Å². The molecule has 5 heteroatoms. The lowest BCUT2D eigenvalue weighted by Gasteiger charge is -2.37. The Hall–Kier alpha value is -2.04. The van der Waals surface area contributed by atoms with Crippen molar-refractivity contribution in [3.63, 3.8) is 0 Å². The van der Waals surface area contributed by atoms with Gasteiger partial charge in [0.05, 0.1) is 5.41 Å². The first-order chi connectivity index (χ1) is 14.6. The van der Waals surface area contributed by atoms with Gasteiger partial charge in [-0.3, -0.25) is 4.79 Å². The molecule has 0 atom stereocenters. The van der Waals surface area contributed by atoms with E-state index in [1.165, 1.54) is 6.42 Å². The van der Waals surface area contributed by atoms with Crippen LogP contribution >= 0.6 is 11.6 Å². The molecule has 3 rings (SSSR count). The number of halogens is 1. The van der Waals surface area contributed by atoms with Crippen molar-refractivity contribution in [3.8, 4) is 5.75 Å². The summed E-state index contributed by atoms with van der Waals surface area (Å²) in [7, 11) is 0. The van der Waals surface area contributed by atoms with Crippen LogP contribution in [0.25, 0.3) is 0 Å². The number of carbonyl (C=O) groups excluding carboxylic acids is 1. The minimum absolute atomic E-state index is 0.0329. The molecule has 4 nitrogen and oxygen atoms in total. The molecule has 0 bridgehead atoms. The standard InChI is InChI=1S/C25H33ClN2O2/c1-3-28(4-2)18-19-30-21-14-12-20(13-15-21)27-24(29)25(16-8-5-9-17-25)22-10-6-7-11-23(22)26/h6-7,10-15H,3-5,8-9,16-19H2,1-2H3,(H,27,29). The van der Waals surface area contributed by atoms with Gasteiger partial charge in [0.15, 0.2) is 0 Å². The second kappa shape index (κ2) is 10.8. The van der Waals surface area contributed by atoms with Gasteiger partial charge in [0.25, 0.3) is 0 Å². The van der Waals surface area contributed by atoms with Crippen LogP contribution in [0.2, 0.25) is 5.02 Å². The maximum atomic E-state index is 13.4. The second-order valence-corrected chi connectivity index (χ2v) is 8.38. The summed E-state index contributed by atoms with van der Waals surface area (Å²) in [5.74, 6) is 0.851. The number of nitrogens with one attached hydrogen (secondary N) is 1. The Morgan fingerprint density at radius 3 is 2.33 bits per heavy atom. The Labute approximate surface area is 185 Å². The van der Waals surface area contributed by atoms with Crippen LogP contribution in [0.3, 0.4) is 0 Å². The van der Waals surface area contributed by atoms with Crippen molar-refractivity contribution in [2.75, 3.05) is 31.6 Å². The summed E-state index contributed by atoms with van der Waals surface area (Å²) < 4.78 is 5.85. The lowest BCUT2D eigenvalue weighted by atomic mass is 9.68. The summed E-state index contributed by atoms with van der Waals surface area (Å²) in [5, 5.41) is 3.81. The normalized spacial score (nSPS) is 15.7. The molecule has 2 aromatic rings. The fourth-order valence-corrected chi connectivity index (χ4v) is 4.66. The van der Waals surface area contributed by atoms with E-state index in [0.717, 1.165) is 62.3 Å². The van der Waals surface area contributed by atoms with Crippen molar-refractivity contribution in [2.24, 2.45) is 0 Å². The van der Waals surface area contributed by atoms with Gasteiger partial charge in [-0.15, -0.1) is 0 Å². The third-order valence-electron chi connectivity index (χ3n) is 6.21. The van der Waals surface area contributed by atoms with Gasteiger partial charge in [0.2, 0.25) is 5.91 Å². The third-order valence-corrected chi connectivity index (χ3v) is 6.54. The molecule has 0 spiro atoms. The van der Waals surface area contributed by atoms with Crippen LogP contribution in [-0.2, 0) is 10.2 Å². The number of rotatable bonds is 9. The zero-order chi connectivity index (χ0) is 21.4. The van der Waals surface area contributed by atoms with E-state index in [9.17, 15) is 4.79 Å². The molecule has 0 aliphatic heterocycles. The van der Waals surface area contributed by atoms with Gasteiger partial charge in [0.1, 0.15) is 12.4 Å². The van der Waals surface area contributed by atoms with Crippen molar-refractivity contribution in [3.05, 3.63) is 59.1 Å². The minimum atomic E-state index is -0.560. The van der Waals surface area contributed by atoms with Crippen molar-refractivity contribution >= 4 is 23.2 Å². The fourth-order valence-electron chi connectivity index (χ4n) is 4.34. The molecule has 0 radical (unpaired) electrons. The summed E-state index contributed by atoms with van der Waals surface area (Å²) >= 11 is 6.51. The Kier molecular flexibility index (Phi) is 8.17. The van der Waals surface area contributed by atoms with E-state index in [0.29, 0.717) is 11.6 Å². The molecular weight excluding hydrogens is 396 g/mol. The van der Waals surface area contributed by atoms with Gasteiger partial charge in [-0.25, -0.2) is 0 Å². The first-order valence-electron chi connectivity index (χ1n) is 11.1. The molecule has 1 N–H and O–H groups in total. The van der Waals surface area contributed by atoms with Crippen LogP contribution in [0.15, 0.2) is 48.5 Å². The van der Waals surface area contributed by atoms with Crippen LogP contribution in [0.5, 0.6) is 5.75 Å². The SMILES string of the molecule is CCN(CC)CCOc1ccc(NC(=O)C2(c3ccccc3Cl)CCCCC2)cc1. The minimum Gasteiger partial charge on any atom is -0.492 e. The first kappa shape index (κ1) is 22.6. The maximum Gasteiger partial charge on any atom is 0.235 e. The Morgan fingerprint density at radius 2 is 1.70 bits per heavy atom. The molecule has 1 amide bonds. The smallest absolute Gasteiger partial charge is 0.235 e. The number of likely N-dealkylation sites (N-methyl/N-ethyl adjacent to an activating group) is 1. The van der Waals surface area contributed by atoms with Gasteiger partial charge in [-0.2, -0.15) is 0 Å². The average molecular weight is 429 g/mol. The average Bonchev–Trinajstić information content (AvgIpc) is 2.78. The Balaban J connectivity index is 1.67. The van der Waals surface area contributed by atoms with Gasteiger partial charge in [-0.1, -0.05) is 62.9 Å². The molecule has 0 unspecified atom stereocenters. The van der Waals surface area contributed by atoms with Crippen LogP contribution in [0.4, 0.5) is 5.69 Å². The lowest BCUT2D eigenvalue weighted by molar-refractivity contribution is -0.122. The first-order valence-corrected chi connectivity index (χ1v) is 11.5. The maximum absolute atomic E-state index is 13.4. The number of amides is 1. The third kappa shape index (κ3) is 5.35. The van der Waals surface area contributed by atoms with Crippen molar-refractivity contribution in [1.29, 1.82) is 0 Å². The summed E-state index contributed by atoms with van der Waals surface area (Å²) in [6.45, 7) is 7.93. The number of hydrogen-bond acceptors (Lipinski definition) is 3. The molecule has 0 heterocycles.